The van der Waals surface area contributed by atoms with Crippen LogP contribution in [-0.2, 0) is 6.42 Å². The molecule has 4 N–H and O–H groups in total. The minimum Gasteiger partial charge on any atom is -0.491 e. The van der Waals surface area contributed by atoms with Crippen molar-refractivity contribution in [2.45, 2.75) is 38.7 Å². The van der Waals surface area contributed by atoms with Crippen LogP contribution >= 0.6 is 11.6 Å². The molecular formula is C21H29ClN6O3. The molecule has 1 unspecified atom stereocenters. The Labute approximate surface area is 186 Å². The van der Waals surface area contributed by atoms with Gasteiger partial charge in [0.2, 0.25) is 0 Å². The number of aromatic nitrogens is 4. The van der Waals surface area contributed by atoms with E-state index in [0.29, 0.717) is 35.9 Å². The maximum Gasteiger partial charge on any atom is 0.336 e. The Bertz CT molecular complexity index is 991. The first-order valence-corrected chi connectivity index (χ1v) is 10.8. The number of likely N-dealkylation sites (N-methyl/N-ethyl adjacent to an activating group) is 1. The van der Waals surface area contributed by atoms with Crippen LogP contribution in [0.25, 0.3) is 5.65 Å². The van der Waals surface area contributed by atoms with E-state index >= 15 is 0 Å². The smallest absolute Gasteiger partial charge is 0.336 e. The first-order chi connectivity index (χ1) is 15.0. The van der Waals surface area contributed by atoms with Crippen molar-refractivity contribution in [3.63, 3.8) is 0 Å². The van der Waals surface area contributed by atoms with Gasteiger partial charge in [-0.1, -0.05) is 31.0 Å². The van der Waals surface area contributed by atoms with E-state index in [4.69, 9.17) is 26.8 Å². The van der Waals surface area contributed by atoms with Crippen molar-refractivity contribution in [2.24, 2.45) is 0 Å². The lowest BCUT2D eigenvalue weighted by atomic mass is 10.1. The number of nitrogens with zero attached hydrogens (tertiary/aromatic N) is 4. The standard InChI is InChI=1S/C21H29ClN6O3/c1-3-4-16(7-9-29)31-21-26-19(23)20-25-13-15(28(20)27-21)11-14-5-6-18(17(22)12-14)30-10-8-24-2/h5-6,12-13,16,24,29H,3-4,7-11H2,1-2H3,(H2,23,26,27). The number of nitrogens with one attached hydrogen (secondary N) is 1. The number of anilines is 1. The predicted molar refractivity (Wildman–Crippen MR) is 120 cm³/mol. The lowest BCUT2D eigenvalue weighted by Gasteiger charge is -2.16. The first kappa shape index (κ1) is 23.1. The van der Waals surface area contributed by atoms with E-state index in [2.05, 4.69) is 27.3 Å². The molecule has 0 aliphatic carbocycles. The number of aliphatic hydroxyl groups is 1. The summed E-state index contributed by atoms with van der Waals surface area (Å²) in [4.78, 5) is 8.57. The van der Waals surface area contributed by atoms with Crippen molar-refractivity contribution in [1.29, 1.82) is 0 Å². The van der Waals surface area contributed by atoms with Crippen LogP contribution < -0.4 is 20.5 Å². The van der Waals surface area contributed by atoms with E-state index in [1.54, 1.807) is 10.7 Å². The van der Waals surface area contributed by atoms with Crippen LogP contribution in [0.5, 0.6) is 11.8 Å². The Morgan fingerprint density at radius 3 is 2.87 bits per heavy atom. The average Bonchev–Trinajstić information content (AvgIpc) is 3.13. The number of hydrogen-bond acceptors (Lipinski definition) is 8. The molecule has 10 heteroatoms. The normalized spacial score (nSPS) is 12.3. The number of hydrogen-bond donors (Lipinski definition) is 3. The number of rotatable bonds is 12. The highest BCUT2D eigenvalue weighted by Crippen LogP contribution is 2.27. The molecule has 0 spiro atoms. The molecule has 0 aliphatic heterocycles. The molecule has 0 saturated carbocycles. The summed E-state index contributed by atoms with van der Waals surface area (Å²) in [5.74, 6) is 0.883. The number of fused-ring (bicyclic) bond motifs is 1. The fourth-order valence-corrected chi connectivity index (χ4v) is 3.48. The van der Waals surface area contributed by atoms with Crippen molar-refractivity contribution in [3.05, 3.63) is 40.7 Å². The lowest BCUT2D eigenvalue weighted by Crippen LogP contribution is -2.20. The van der Waals surface area contributed by atoms with Gasteiger partial charge in [0, 0.05) is 26.0 Å². The number of nitrogens with two attached hydrogens (primary N) is 1. The topological polar surface area (TPSA) is 120 Å². The highest BCUT2D eigenvalue weighted by molar-refractivity contribution is 6.32. The van der Waals surface area contributed by atoms with E-state index in [1.165, 1.54) is 0 Å². The monoisotopic (exact) mass is 448 g/mol. The third kappa shape index (κ3) is 5.96. The SMILES string of the molecule is CCCC(CCO)Oc1nc(N)c2ncc(Cc3ccc(OCCNC)c(Cl)c3)n2n1. The van der Waals surface area contributed by atoms with E-state index in [0.717, 1.165) is 30.6 Å². The van der Waals surface area contributed by atoms with Crippen LogP contribution in [0.1, 0.15) is 37.4 Å². The summed E-state index contributed by atoms with van der Waals surface area (Å²) in [5, 5.41) is 17.3. The molecule has 1 aromatic carbocycles. The van der Waals surface area contributed by atoms with Gasteiger partial charge in [0.15, 0.2) is 11.5 Å². The van der Waals surface area contributed by atoms with E-state index in [1.807, 2.05) is 25.2 Å². The number of ether oxygens (including phenoxy) is 2. The highest BCUT2D eigenvalue weighted by Gasteiger charge is 2.16. The van der Waals surface area contributed by atoms with Gasteiger partial charge in [0.05, 0.1) is 16.9 Å². The molecule has 3 aromatic rings. The Hall–Kier alpha value is -2.62. The summed E-state index contributed by atoms with van der Waals surface area (Å²) in [6, 6.07) is 5.86. The molecule has 168 valence electrons. The fraction of sp³-hybridized carbons (Fsp3) is 0.476. The molecule has 1 atom stereocenters. The highest BCUT2D eigenvalue weighted by atomic mass is 35.5. The molecule has 0 saturated heterocycles. The van der Waals surface area contributed by atoms with Gasteiger partial charge in [0.25, 0.3) is 0 Å². The summed E-state index contributed by atoms with van der Waals surface area (Å²) in [5.41, 5.74) is 8.36. The largest absolute Gasteiger partial charge is 0.491 e. The Kier molecular flexibility index (Phi) is 8.27. The molecule has 0 amide bonds. The van der Waals surface area contributed by atoms with E-state index in [-0.39, 0.29) is 24.5 Å². The van der Waals surface area contributed by atoms with Crippen LogP contribution in [-0.4, -0.2) is 57.6 Å². The maximum absolute atomic E-state index is 9.26. The zero-order valence-electron chi connectivity index (χ0n) is 17.8. The van der Waals surface area contributed by atoms with Gasteiger partial charge in [0.1, 0.15) is 18.5 Å². The number of imidazole rings is 1. The molecule has 2 heterocycles. The third-order valence-corrected chi connectivity index (χ3v) is 5.06. The molecule has 0 fully saturated rings. The number of nitrogen functional groups attached to an aromatic ring is 1. The van der Waals surface area contributed by atoms with Gasteiger partial charge in [-0.25, -0.2) is 9.50 Å². The van der Waals surface area contributed by atoms with Gasteiger partial charge < -0.3 is 25.6 Å². The van der Waals surface area contributed by atoms with Gasteiger partial charge in [-0.2, -0.15) is 4.98 Å². The van der Waals surface area contributed by atoms with Gasteiger partial charge in [-0.3, -0.25) is 0 Å². The second-order valence-corrected chi connectivity index (χ2v) is 7.61. The summed E-state index contributed by atoms with van der Waals surface area (Å²) >= 11 is 6.38. The van der Waals surface area contributed by atoms with E-state index < -0.39 is 0 Å². The lowest BCUT2D eigenvalue weighted by molar-refractivity contribution is 0.133. The van der Waals surface area contributed by atoms with Crippen molar-refractivity contribution >= 4 is 23.1 Å². The van der Waals surface area contributed by atoms with Crippen LogP contribution in [0.3, 0.4) is 0 Å². The Balaban J connectivity index is 1.81. The van der Waals surface area contributed by atoms with Crippen molar-refractivity contribution < 1.29 is 14.6 Å². The molecule has 2 aromatic heterocycles. The Morgan fingerprint density at radius 1 is 1.32 bits per heavy atom. The molecule has 3 rings (SSSR count). The average molecular weight is 449 g/mol. The summed E-state index contributed by atoms with van der Waals surface area (Å²) in [7, 11) is 1.87. The molecule has 0 aliphatic rings. The van der Waals surface area contributed by atoms with Crippen molar-refractivity contribution in [3.8, 4) is 11.8 Å². The molecular weight excluding hydrogens is 420 g/mol. The summed E-state index contributed by atoms with van der Waals surface area (Å²) < 4.78 is 13.2. The predicted octanol–water partition coefficient (Wildman–Crippen LogP) is 2.48. The van der Waals surface area contributed by atoms with E-state index in [9.17, 15) is 5.11 Å². The van der Waals surface area contributed by atoms with Crippen molar-refractivity contribution in [1.82, 2.24) is 24.9 Å². The zero-order chi connectivity index (χ0) is 22.2. The zero-order valence-corrected chi connectivity index (χ0v) is 18.6. The van der Waals surface area contributed by atoms with Crippen LogP contribution in [0.15, 0.2) is 24.4 Å². The molecule has 0 bridgehead atoms. The third-order valence-electron chi connectivity index (χ3n) is 4.76. The van der Waals surface area contributed by atoms with Crippen LogP contribution in [0.2, 0.25) is 5.02 Å². The molecule has 31 heavy (non-hydrogen) atoms. The fourth-order valence-electron chi connectivity index (χ4n) is 3.22. The summed E-state index contributed by atoms with van der Waals surface area (Å²) in [6.45, 7) is 3.37. The number of aliphatic hydroxyl groups excluding tert-OH is 1. The van der Waals surface area contributed by atoms with Gasteiger partial charge in [-0.05, 0) is 31.2 Å². The first-order valence-electron chi connectivity index (χ1n) is 10.4. The van der Waals surface area contributed by atoms with Gasteiger partial charge in [-0.15, -0.1) is 5.10 Å². The maximum atomic E-state index is 9.26. The van der Waals surface area contributed by atoms with Gasteiger partial charge >= 0.3 is 6.01 Å². The van der Waals surface area contributed by atoms with Crippen LogP contribution in [0, 0.1) is 0 Å². The van der Waals surface area contributed by atoms with Crippen LogP contribution in [0.4, 0.5) is 5.82 Å². The minimum atomic E-state index is -0.173. The Morgan fingerprint density at radius 2 is 2.16 bits per heavy atom. The summed E-state index contributed by atoms with van der Waals surface area (Å²) in [6.07, 6.45) is 4.31. The second-order valence-electron chi connectivity index (χ2n) is 7.20. The quantitative estimate of drug-likeness (QED) is 0.361. The van der Waals surface area contributed by atoms with Crippen molar-refractivity contribution in [2.75, 3.05) is 32.5 Å². The molecule has 0 radical (unpaired) electrons. The molecule has 9 nitrogen and oxygen atoms in total. The number of halogens is 1. The second kappa shape index (κ2) is 11.1. The number of benzene rings is 1. The minimum absolute atomic E-state index is 0.0359.